The van der Waals surface area contributed by atoms with Gasteiger partial charge in [-0.05, 0) is 77.3 Å². The molecule has 3 aliphatic rings. The Hall–Kier alpha value is -0.120. The van der Waals surface area contributed by atoms with E-state index in [1.54, 1.807) is 0 Å². The molecule has 140 valence electrons. The first-order valence-corrected chi connectivity index (χ1v) is 10.8. The minimum atomic E-state index is 0.726. The van der Waals surface area contributed by atoms with Gasteiger partial charge in [0.2, 0.25) is 0 Å². The Morgan fingerprint density at radius 2 is 1.04 bits per heavy atom. The fraction of sp³-hybridized carbons (Fsp3) is 1.00. The number of hydrogen-bond donors (Lipinski definition) is 0. The Morgan fingerprint density at radius 3 is 1.46 bits per heavy atom. The van der Waals surface area contributed by atoms with Crippen molar-refractivity contribution >= 4 is 0 Å². The molecule has 0 radical (unpaired) electrons. The highest BCUT2D eigenvalue weighted by molar-refractivity contribution is 4.88. The molecule has 3 fully saturated rings. The van der Waals surface area contributed by atoms with Gasteiger partial charge in [0, 0.05) is 44.3 Å². The molecule has 2 saturated heterocycles. The van der Waals surface area contributed by atoms with E-state index in [0.717, 1.165) is 30.0 Å². The van der Waals surface area contributed by atoms with Crippen molar-refractivity contribution in [1.29, 1.82) is 0 Å². The molecule has 0 aromatic carbocycles. The molecule has 1 saturated carbocycles. The Morgan fingerprint density at radius 1 is 0.583 bits per heavy atom. The fourth-order valence-electron chi connectivity index (χ4n) is 5.37. The summed E-state index contributed by atoms with van der Waals surface area (Å²) >= 11 is 0. The molecule has 3 rings (SSSR count). The lowest BCUT2D eigenvalue weighted by atomic mass is 9.79. The smallest absolute Gasteiger partial charge is 0.0121 e. The molecule has 0 atom stereocenters. The lowest BCUT2D eigenvalue weighted by molar-refractivity contribution is 0.0251. The third-order valence-electron chi connectivity index (χ3n) is 7.30. The van der Waals surface area contributed by atoms with Crippen LogP contribution >= 0.6 is 0 Å². The first kappa shape index (κ1) is 18.7. The van der Waals surface area contributed by atoms with Crippen LogP contribution in [0.5, 0.6) is 0 Å². The first-order chi connectivity index (χ1) is 11.5. The zero-order valence-electron chi connectivity index (χ0n) is 16.7. The van der Waals surface area contributed by atoms with Gasteiger partial charge in [-0.2, -0.15) is 0 Å². The summed E-state index contributed by atoms with van der Waals surface area (Å²) in [5.41, 5.74) is 0. The van der Waals surface area contributed by atoms with Crippen molar-refractivity contribution in [2.75, 3.05) is 39.3 Å². The van der Waals surface area contributed by atoms with Crippen LogP contribution < -0.4 is 0 Å². The van der Waals surface area contributed by atoms with Crippen LogP contribution in [-0.2, 0) is 0 Å². The molecular formula is C21H41N3. The largest absolute Gasteiger partial charge is 0.301 e. The Labute approximate surface area is 150 Å². The molecule has 1 aliphatic carbocycles. The molecule has 0 unspecified atom stereocenters. The van der Waals surface area contributed by atoms with E-state index >= 15 is 0 Å². The standard InChI is InChI=1S/C21H41N3/c1-17(2)19-5-7-20(8-6-19)23-13-15-24(16-14-23)21-9-11-22(12-10-21)18(3)4/h17-21H,5-16H2,1-4H3. The number of piperazine rings is 1. The van der Waals surface area contributed by atoms with E-state index in [4.69, 9.17) is 0 Å². The van der Waals surface area contributed by atoms with Gasteiger partial charge in [-0.3, -0.25) is 9.80 Å². The topological polar surface area (TPSA) is 9.72 Å². The van der Waals surface area contributed by atoms with Gasteiger partial charge in [-0.15, -0.1) is 0 Å². The number of rotatable bonds is 4. The van der Waals surface area contributed by atoms with Gasteiger partial charge in [-0.25, -0.2) is 0 Å². The molecule has 3 heteroatoms. The maximum absolute atomic E-state index is 2.83. The molecule has 3 nitrogen and oxygen atoms in total. The van der Waals surface area contributed by atoms with Crippen molar-refractivity contribution in [2.24, 2.45) is 11.8 Å². The summed E-state index contributed by atoms with van der Waals surface area (Å²) in [4.78, 5) is 8.30. The summed E-state index contributed by atoms with van der Waals surface area (Å²) < 4.78 is 0. The second-order valence-corrected chi connectivity index (χ2v) is 9.25. The van der Waals surface area contributed by atoms with Crippen LogP contribution in [0.3, 0.4) is 0 Å². The van der Waals surface area contributed by atoms with E-state index in [1.165, 1.54) is 77.8 Å². The first-order valence-electron chi connectivity index (χ1n) is 10.8. The van der Waals surface area contributed by atoms with E-state index in [9.17, 15) is 0 Å². The number of hydrogen-bond acceptors (Lipinski definition) is 3. The molecule has 0 N–H and O–H groups in total. The Balaban J connectivity index is 1.39. The lowest BCUT2D eigenvalue weighted by Gasteiger charge is -2.46. The zero-order valence-corrected chi connectivity index (χ0v) is 16.7. The highest BCUT2D eigenvalue weighted by Crippen LogP contribution is 2.32. The minimum Gasteiger partial charge on any atom is -0.301 e. The second kappa shape index (κ2) is 8.51. The monoisotopic (exact) mass is 335 g/mol. The number of likely N-dealkylation sites (tertiary alicyclic amines) is 1. The molecule has 2 aliphatic heterocycles. The normalized spacial score (nSPS) is 32.8. The molecule has 0 bridgehead atoms. The predicted octanol–water partition coefficient (Wildman–Crippen LogP) is 3.69. The maximum atomic E-state index is 2.83. The average molecular weight is 336 g/mol. The van der Waals surface area contributed by atoms with E-state index in [2.05, 4.69) is 42.4 Å². The van der Waals surface area contributed by atoms with Gasteiger partial charge >= 0.3 is 0 Å². The van der Waals surface area contributed by atoms with Gasteiger partial charge in [0.25, 0.3) is 0 Å². The van der Waals surface area contributed by atoms with Crippen molar-refractivity contribution in [3.05, 3.63) is 0 Å². The van der Waals surface area contributed by atoms with Gasteiger partial charge in [0.15, 0.2) is 0 Å². The lowest BCUT2D eigenvalue weighted by Crippen LogP contribution is -2.56. The predicted molar refractivity (Wildman–Crippen MR) is 103 cm³/mol. The van der Waals surface area contributed by atoms with Gasteiger partial charge in [-0.1, -0.05) is 13.8 Å². The van der Waals surface area contributed by atoms with Crippen molar-refractivity contribution < 1.29 is 0 Å². The number of piperidine rings is 1. The van der Waals surface area contributed by atoms with E-state index < -0.39 is 0 Å². The maximum Gasteiger partial charge on any atom is 0.0121 e. The Kier molecular flexibility index (Phi) is 6.62. The van der Waals surface area contributed by atoms with E-state index in [0.29, 0.717) is 0 Å². The highest BCUT2D eigenvalue weighted by Gasteiger charge is 2.32. The van der Waals surface area contributed by atoms with Crippen molar-refractivity contribution in [2.45, 2.75) is 84.3 Å². The summed E-state index contributed by atoms with van der Waals surface area (Å²) in [6, 6.07) is 2.48. The molecule has 2 heterocycles. The summed E-state index contributed by atoms with van der Waals surface area (Å²) in [5, 5.41) is 0. The third-order valence-corrected chi connectivity index (χ3v) is 7.30. The summed E-state index contributed by atoms with van der Waals surface area (Å²) in [6.45, 7) is 17.4. The molecule has 0 spiro atoms. The molecule has 0 aromatic heterocycles. The average Bonchev–Trinajstić information content (AvgIpc) is 2.62. The molecule has 24 heavy (non-hydrogen) atoms. The van der Waals surface area contributed by atoms with Crippen LogP contribution in [0.4, 0.5) is 0 Å². The number of nitrogens with zero attached hydrogens (tertiary/aromatic N) is 3. The van der Waals surface area contributed by atoms with Crippen LogP contribution in [0, 0.1) is 11.8 Å². The summed E-state index contributed by atoms with van der Waals surface area (Å²) in [6.07, 6.45) is 8.62. The quantitative estimate of drug-likeness (QED) is 0.776. The van der Waals surface area contributed by atoms with Crippen molar-refractivity contribution in [1.82, 2.24) is 14.7 Å². The zero-order chi connectivity index (χ0) is 17.1. The Bertz CT molecular complexity index is 321. The fourth-order valence-corrected chi connectivity index (χ4v) is 5.37. The third kappa shape index (κ3) is 4.53. The van der Waals surface area contributed by atoms with Crippen LogP contribution in [0.25, 0.3) is 0 Å². The van der Waals surface area contributed by atoms with Crippen LogP contribution in [0.2, 0.25) is 0 Å². The summed E-state index contributed by atoms with van der Waals surface area (Å²) in [5.74, 6) is 1.88. The SMILES string of the molecule is CC(C)C1CCC(N2CCN(C3CCN(C(C)C)CC3)CC2)CC1. The molecule has 0 amide bonds. The van der Waals surface area contributed by atoms with E-state index in [1.807, 2.05) is 0 Å². The van der Waals surface area contributed by atoms with Crippen LogP contribution in [-0.4, -0.2) is 72.1 Å². The molecular weight excluding hydrogens is 294 g/mol. The van der Waals surface area contributed by atoms with Crippen molar-refractivity contribution in [3.8, 4) is 0 Å². The van der Waals surface area contributed by atoms with Gasteiger partial charge < -0.3 is 4.90 Å². The van der Waals surface area contributed by atoms with Gasteiger partial charge in [0.1, 0.15) is 0 Å². The molecule has 0 aromatic rings. The second-order valence-electron chi connectivity index (χ2n) is 9.25. The van der Waals surface area contributed by atoms with Gasteiger partial charge in [0.05, 0.1) is 0 Å². The minimum absolute atomic E-state index is 0.726. The van der Waals surface area contributed by atoms with Crippen LogP contribution in [0.1, 0.15) is 66.2 Å². The van der Waals surface area contributed by atoms with Crippen LogP contribution in [0.15, 0.2) is 0 Å². The highest BCUT2D eigenvalue weighted by atomic mass is 15.3. The summed E-state index contributed by atoms with van der Waals surface area (Å²) in [7, 11) is 0. The van der Waals surface area contributed by atoms with E-state index in [-0.39, 0.29) is 0 Å². The van der Waals surface area contributed by atoms with Crippen molar-refractivity contribution in [3.63, 3.8) is 0 Å².